The zero-order valence-corrected chi connectivity index (χ0v) is 9.30. The van der Waals surface area contributed by atoms with Crippen molar-refractivity contribution in [3.8, 4) is 0 Å². The number of carbonyl (C=O) groups excluding carboxylic acids is 1. The Kier molecular flexibility index (Phi) is 2.80. The summed E-state index contributed by atoms with van der Waals surface area (Å²) in [5.41, 5.74) is 1.01. The highest BCUT2D eigenvalue weighted by molar-refractivity contribution is 7.97. The smallest absolute Gasteiger partial charge is 0.177 e. The molecule has 0 bridgehead atoms. The molecule has 2 aliphatic rings. The molecule has 2 rings (SSSR count). The minimum Gasteiger partial charge on any atom is -0.326 e. The lowest BCUT2D eigenvalue weighted by Gasteiger charge is -2.04. The number of rotatable bonds is 3. The van der Waals surface area contributed by atoms with Gasteiger partial charge in [-0.1, -0.05) is 12.2 Å². The summed E-state index contributed by atoms with van der Waals surface area (Å²) in [4.78, 5) is 12.1. The quantitative estimate of drug-likeness (QED) is 0.571. The van der Waals surface area contributed by atoms with Crippen molar-refractivity contribution < 1.29 is 9.35 Å². The third kappa shape index (κ3) is 1.92. The maximum absolute atomic E-state index is 11.1. The van der Waals surface area contributed by atoms with E-state index in [2.05, 4.69) is 0 Å². The molecule has 1 saturated carbocycles. The lowest BCUT2D eigenvalue weighted by atomic mass is 10.0. The molecule has 0 radical (unpaired) electrons. The summed E-state index contributed by atoms with van der Waals surface area (Å²) in [6.45, 7) is 1.43. The third-order valence-corrected chi connectivity index (χ3v) is 3.64. The Bertz CT molecular complexity index is 384. The van der Waals surface area contributed by atoms with Crippen LogP contribution in [0.5, 0.6) is 0 Å². The normalized spacial score (nSPS) is 28.4. The number of hydrogen-bond donors (Lipinski definition) is 2. The van der Waals surface area contributed by atoms with E-state index in [-0.39, 0.29) is 17.4 Å². The van der Waals surface area contributed by atoms with Crippen LogP contribution in [0.4, 0.5) is 0 Å². The second kappa shape index (κ2) is 3.94. The van der Waals surface area contributed by atoms with Crippen LogP contribution in [-0.2, 0) is 4.79 Å². The molecule has 15 heavy (non-hydrogen) atoms. The number of allylic oxidation sites excluding steroid dienone is 4. The zero-order chi connectivity index (χ0) is 11.0. The molecular formula is C11H13NO2S. The molecule has 0 aromatic heterocycles. The Balaban J connectivity index is 2.17. The Morgan fingerprint density at radius 1 is 1.53 bits per heavy atom. The zero-order valence-electron chi connectivity index (χ0n) is 8.49. The van der Waals surface area contributed by atoms with E-state index in [1.54, 1.807) is 0 Å². The van der Waals surface area contributed by atoms with Gasteiger partial charge in [-0.25, -0.2) is 0 Å². The summed E-state index contributed by atoms with van der Waals surface area (Å²) in [6, 6.07) is 0. The summed E-state index contributed by atoms with van der Waals surface area (Å²) in [7, 11) is 0. The summed E-state index contributed by atoms with van der Waals surface area (Å²) < 4.78 is 9.05. The van der Waals surface area contributed by atoms with Gasteiger partial charge < -0.3 is 4.55 Å². The Morgan fingerprint density at radius 2 is 2.27 bits per heavy atom. The molecule has 0 aromatic rings. The van der Waals surface area contributed by atoms with Gasteiger partial charge in [0.05, 0.1) is 5.71 Å². The SMILES string of the molecule is CC(=O)C(=N)C1=CCC=C(SO)C2CC12. The highest BCUT2D eigenvalue weighted by atomic mass is 32.2. The van der Waals surface area contributed by atoms with Crippen molar-refractivity contribution in [2.45, 2.75) is 19.8 Å². The van der Waals surface area contributed by atoms with E-state index >= 15 is 0 Å². The minimum absolute atomic E-state index is 0.139. The van der Waals surface area contributed by atoms with Gasteiger partial charge in [-0.05, 0) is 30.3 Å². The fourth-order valence-electron chi connectivity index (χ4n) is 2.05. The molecule has 3 nitrogen and oxygen atoms in total. The molecule has 0 saturated heterocycles. The van der Waals surface area contributed by atoms with Crippen LogP contribution in [0.15, 0.2) is 22.6 Å². The van der Waals surface area contributed by atoms with Crippen LogP contribution >= 0.6 is 12.0 Å². The van der Waals surface area contributed by atoms with Crippen molar-refractivity contribution in [1.82, 2.24) is 0 Å². The molecule has 0 aliphatic heterocycles. The van der Waals surface area contributed by atoms with Gasteiger partial charge in [0.2, 0.25) is 0 Å². The van der Waals surface area contributed by atoms with Crippen LogP contribution in [0, 0.1) is 17.2 Å². The first kappa shape index (κ1) is 10.6. The largest absolute Gasteiger partial charge is 0.326 e. The van der Waals surface area contributed by atoms with Crippen molar-refractivity contribution in [3.05, 3.63) is 22.6 Å². The summed E-state index contributed by atoms with van der Waals surface area (Å²) >= 11 is 0.803. The summed E-state index contributed by atoms with van der Waals surface area (Å²) in [5.74, 6) is 0.454. The van der Waals surface area contributed by atoms with Gasteiger partial charge in [-0.3, -0.25) is 10.2 Å². The molecule has 80 valence electrons. The van der Waals surface area contributed by atoms with Gasteiger partial charge >= 0.3 is 0 Å². The first-order chi connectivity index (χ1) is 7.15. The average molecular weight is 223 g/mol. The molecule has 1 fully saturated rings. The van der Waals surface area contributed by atoms with Gasteiger partial charge in [-0.2, -0.15) is 0 Å². The molecular weight excluding hydrogens is 210 g/mol. The van der Waals surface area contributed by atoms with E-state index in [0.717, 1.165) is 28.9 Å². The lowest BCUT2D eigenvalue weighted by Crippen LogP contribution is -2.13. The van der Waals surface area contributed by atoms with E-state index in [1.165, 1.54) is 6.92 Å². The number of hydrogen-bond acceptors (Lipinski definition) is 4. The molecule has 2 aliphatic carbocycles. The highest BCUT2D eigenvalue weighted by Gasteiger charge is 2.44. The second-order valence-corrected chi connectivity index (χ2v) is 4.63. The van der Waals surface area contributed by atoms with Crippen LogP contribution in [0.25, 0.3) is 0 Å². The third-order valence-electron chi connectivity index (χ3n) is 2.96. The Hall–Kier alpha value is -0.870. The van der Waals surface area contributed by atoms with E-state index in [1.807, 2.05) is 12.2 Å². The van der Waals surface area contributed by atoms with E-state index in [9.17, 15) is 4.79 Å². The van der Waals surface area contributed by atoms with Gasteiger partial charge in [0.1, 0.15) is 0 Å². The topological polar surface area (TPSA) is 61.2 Å². The molecule has 4 heteroatoms. The van der Waals surface area contributed by atoms with Crippen molar-refractivity contribution in [2.75, 3.05) is 0 Å². The Morgan fingerprint density at radius 3 is 2.87 bits per heavy atom. The van der Waals surface area contributed by atoms with Gasteiger partial charge in [0, 0.05) is 23.9 Å². The first-order valence-corrected chi connectivity index (χ1v) is 5.74. The van der Waals surface area contributed by atoms with E-state index in [4.69, 9.17) is 9.96 Å². The minimum atomic E-state index is -0.174. The number of ketones is 1. The van der Waals surface area contributed by atoms with Gasteiger partial charge in [0.15, 0.2) is 5.78 Å². The monoisotopic (exact) mass is 223 g/mol. The second-order valence-electron chi connectivity index (χ2n) is 3.97. The van der Waals surface area contributed by atoms with Crippen LogP contribution in [-0.4, -0.2) is 16.0 Å². The van der Waals surface area contributed by atoms with Crippen molar-refractivity contribution >= 4 is 23.5 Å². The predicted molar refractivity (Wildman–Crippen MR) is 61.0 cm³/mol. The van der Waals surface area contributed by atoms with Gasteiger partial charge in [0.25, 0.3) is 0 Å². The molecule has 0 amide bonds. The predicted octanol–water partition coefficient (Wildman–Crippen LogP) is 2.65. The summed E-state index contributed by atoms with van der Waals surface area (Å²) in [5, 5.41) is 7.70. The maximum atomic E-state index is 11.1. The fourth-order valence-corrected chi connectivity index (χ4v) is 2.62. The molecule has 2 unspecified atom stereocenters. The van der Waals surface area contributed by atoms with Crippen LogP contribution in [0.2, 0.25) is 0 Å². The van der Waals surface area contributed by atoms with Crippen molar-refractivity contribution in [3.63, 3.8) is 0 Å². The van der Waals surface area contributed by atoms with Crippen molar-refractivity contribution in [2.24, 2.45) is 11.8 Å². The molecule has 2 N–H and O–H groups in total. The first-order valence-electron chi connectivity index (χ1n) is 4.96. The molecule has 2 atom stereocenters. The highest BCUT2D eigenvalue weighted by Crippen LogP contribution is 2.53. The molecule has 0 heterocycles. The average Bonchev–Trinajstić information content (AvgIpc) is 2.95. The molecule has 0 spiro atoms. The Labute approximate surface area is 93.0 Å². The van der Waals surface area contributed by atoms with E-state index in [0.29, 0.717) is 12.3 Å². The maximum Gasteiger partial charge on any atom is 0.177 e. The number of Topliss-reactive ketones (excluding diaryl/α,β-unsaturated/α-hetero) is 1. The number of nitrogens with one attached hydrogen (secondary N) is 1. The standard InChI is InChI=1S/C11H13NO2S/c1-6(13)11(12)7-3-2-4-10(15-14)9-5-8(7)9/h3-4,8-9,12,14H,2,5H2,1H3. The van der Waals surface area contributed by atoms with Crippen molar-refractivity contribution in [1.29, 1.82) is 5.41 Å². The van der Waals surface area contributed by atoms with Crippen LogP contribution in [0.3, 0.4) is 0 Å². The number of carbonyl (C=O) groups is 1. The van der Waals surface area contributed by atoms with Gasteiger partial charge in [-0.15, -0.1) is 0 Å². The van der Waals surface area contributed by atoms with Crippen LogP contribution < -0.4 is 0 Å². The van der Waals surface area contributed by atoms with Crippen LogP contribution in [0.1, 0.15) is 19.8 Å². The fraction of sp³-hybridized carbons (Fsp3) is 0.455. The lowest BCUT2D eigenvalue weighted by molar-refractivity contribution is -0.111. The summed E-state index contributed by atoms with van der Waals surface area (Å²) in [6.07, 6.45) is 5.59. The van der Waals surface area contributed by atoms with E-state index < -0.39 is 0 Å². The molecule has 0 aromatic carbocycles. The number of fused-ring (bicyclic) bond motifs is 1.